The summed E-state index contributed by atoms with van der Waals surface area (Å²) in [7, 11) is -4.06. The molecule has 0 saturated carbocycles. The molecule has 2 rings (SSSR count). The summed E-state index contributed by atoms with van der Waals surface area (Å²) in [6.07, 6.45) is -1.71. The van der Waals surface area contributed by atoms with E-state index in [0.29, 0.717) is 0 Å². The number of nitrogens with two attached hydrogens (primary N) is 1. The number of carbonyl (C=O) groups excluding carboxylic acids is 1. The zero-order chi connectivity index (χ0) is 14.2. The van der Waals surface area contributed by atoms with Gasteiger partial charge in [0, 0.05) is 6.54 Å². The highest BCUT2D eigenvalue weighted by Gasteiger charge is 2.45. The van der Waals surface area contributed by atoms with E-state index in [2.05, 4.69) is 0 Å². The fourth-order valence-electron chi connectivity index (χ4n) is 2.06. The van der Waals surface area contributed by atoms with Crippen LogP contribution in [0.5, 0.6) is 0 Å². The molecule has 2 N–H and O–H groups in total. The Balaban J connectivity index is 2.39. The van der Waals surface area contributed by atoms with Crippen LogP contribution >= 0.6 is 0 Å². The molecule has 1 amide bonds. The van der Waals surface area contributed by atoms with Crippen molar-refractivity contribution in [2.75, 3.05) is 6.54 Å². The van der Waals surface area contributed by atoms with Gasteiger partial charge in [-0.3, -0.25) is 4.79 Å². The van der Waals surface area contributed by atoms with E-state index in [0.717, 1.165) is 28.6 Å². The van der Waals surface area contributed by atoms with Crippen molar-refractivity contribution in [2.24, 2.45) is 5.73 Å². The number of alkyl halides is 1. The molecule has 0 radical (unpaired) electrons. The highest BCUT2D eigenvalue weighted by atomic mass is 32.2. The van der Waals surface area contributed by atoms with Gasteiger partial charge in [-0.15, -0.1) is 0 Å². The summed E-state index contributed by atoms with van der Waals surface area (Å²) in [4.78, 5) is 11.0. The van der Waals surface area contributed by atoms with Gasteiger partial charge in [0.05, 0.1) is 4.90 Å². The predicted molar refractivity (Wildman–Crippen MR) is 62.8 cm³/mol. The lowest BCUT2D eigenvalue weighted by Gasteiger charge is -2.22. The summed E-state index contributed by atoms with van der Waals surface area (Å²) < 4.78 is 51.5. The van der Waals surface area contributed by atoms with E-state index in [1.807, 2.05) is 0 Å². The van der Waals surface area contributed by atoms with Crippen molar-refractivity contribution < 1.29 is 22.0 Å². The largest absolute Gasteiger partial charge is 0.368 e. The van der Waals surface area contributed by atoms with Crippen molar-refractivity contribution >= 4 is 15.9 Å². The van der Waals surface area contributed by atoms with Crippen LogP contribution in [0.3, 0.4) is 0 Å². The molecule has 0 aromatic heterocycles. The molecule has 8 heteroatoms. The summed E-state index contributed by atoms with van der Waals surface area (Å²) in [6, 6.07) is 2.59. The second-order valence-electron chi connectivity index (χ2n) is 4.22. The van der Waals surface area contributed by atoms with Crippen LogP contribution in [-0.2, 0) is 14.8 Å². The Morgan fingerprint density at radius 2 is 1.89 bits per heavy atom. The molecule has 1 heterocycles. The lowest BCUT2D eigenvalue weighted by molar-refractivity contribution is -0.122. The average Bonchev–Trinajstić information content (AvgIpc) is 2.72. The Morgan fingerprint density at radius 1 is 1.32 bits per heavy atom. The standard InChI is InChI=1S/C11H12F2N2O3S/c12-7-1-3-8(4-2-7)19(17,18)15-6-5-9(13)10(15)11(14)16/h1-4,9-10H,5-6H2,(H2,14,16)/t9-,10-/m0/s1. The monoisotopic (exact) mass is 290 g/mol. The molecular weight excluding hydrogens is 278 g/mol. The van der Waals surface area contributed by atoms with Crippen molar-refractivity contribution in [1.29, 1.82) is 0 Å². The highest BCUT2D eigenvalue weighted by molar-refractivity contribution is 7.89. The van der Waals surface area contributed by atoms with Crippen LogP contribution in [0.2, 0.25) is 0 Å². The summed E-state index contributed by atoms with van der Waals surface area (Å²) in [6.45, 7) is -0.130. The van der Waals surface area contributed by atoms with Crippen molar-refractivity contribution in [3.8, 4) is 0 Å². The maximum absolute atomic E-state index is 13.5. The van der Waals surface area contributed by atoms with E-state index in [1.54, 1.807) is 0 Å². The molecular formula is C11H12F2N2O3S. The Bertz CT molecular complexity index is 588. The Morgan fingerprint density at radius 3 is 2.42 bits per heavy atom. The van der Waals surface area contributed by atoms with Gasteiger partial charge < -0.3 is 5.73 Å². The van der Waals surface area contributed by atoms with E-state index >= 15 is 0 Å². The molecule has 0 unspecified atom stereocenters. The molecule has 1 aromatic carbocycles. The van der Waals surface area contributed by atoms with E-state index in [-0.39, 0.29) is 17.9 Å². The first-order valence-electron chi connectivity index (χ1n) is 5.55. The van der Waals surface area contributed by atoms with Crippen molar-refractivity contribution in [3.63, 3.8) is 0 Å². The Hall–Kier alpha value is -1.54. The van der Waals surface area contributed by atoms with Gasteiger partial charge in [0.1, 0.15) is 18.0 Å². The van der Waals surface area contributed by atoms with Gasteiger partial charge >= 0.3 is 0 Å². The van der Waals surface area contributed by atoms with Gasteiger partial charge in [-0.1, -0.05) is 0 Å². The third-order valence-electron chi connectivity index (χ3n) is 2.99. The summed E-state index contributed by atoms with van der Waals surface area (Å²) >= 11 is 0. The molecule has 0 spiro atoms. The van der Waals surface area contributed by atoms with E-state index in [1.165, 1.54) is 0 Å². The molecule has 0 bridgehead atoms. The second-order valence-corrected chi connectivity index (χ2v) is 6.11. The number of halogens is 2. The number of primary amides is 1. The van der Waals surface area contributed by atoms with E-state index in [4.69, 9.17) is 5.73 Å². The molecule has 1 aromatic rings. The van der Waals surface area contributed by atoms with Crippen LogP contribution in [0.25, 0.3) is 0 Å². The third-order valence-corrected chi connectivity index (χ3v) is 4.88. The summed E-state index contributed by atoms with van der Waals surface area (Å²) in [5.74, 6) is -1.62. The predicted octanol–water partition coefficient (Wildman–Crippen LogP) is 0.412. The minimum Gasteiger partial charge on any atom is -0.368 e. The Kier molecular flexibility index (Phi) is 3.55. The van der Waals surface area contributed by atoms with Gasteiger partial charge in [-0.25, -0.2) is 17.2 Å². The van der Waals surface area contributed by atoms with E-state index < -0.39 is 34.0 Å². The third kappa shape index (κ3) is 2.45. The number of nitrogens with zero attached hydrogens (tertiary/aromatic N) is 1. The number of sulfonamides is 1. The fraction of sp³-hybridized carbons (Fsp3) is 0.364. The molecule has 19 heavy (non-hydrogen) atoms. The summed E-state index contributed by atoms with van der Waals surface area (Å²) in [5.41, 5.74) is 5.03. The maximum atomic E-state index is 13.5. The molecule has 1 aliphatic rings. The van der Waals surface area contributed by atoms with Gasteiger partial charge in [0.25, 0.3) is 0 Å². The number of carbonyl (C=O) groups is 1. The molecule has 2 atom stereocenters. The first-order chi connectivity index (χ1) is 8.84. The number of benzene rings is 1. The molecule has 1 fully saturated rings. The lowest BCUT2D eigenvalue weighted by atomic mass is 10.2. The number of hydrogen-bond acceptors (Lipinski definition) is 3. The number of rotatable bonds is 3. The van der Waals surface area contributed by atoms with E-state index in [9.17, 15) is 22.0 Å². The van der Waals surface area contributed by atoms with Crippen LogP contribution < -0.4 is 5.73 Å². The minimum atomic E-state index is -4.06. The van der Waals surface area contributed by atoms with Crippen LogP contribution in [0.4, 0.5) is 8.78 Å². The van der Waals surface area contributed by atoms with Crippen molar-refractivity contribution in [3.05, 3.63) is 30.1 Å². The maximum Gasteiger partial charge on any atom is 0.243 e. The van der Waals surface area contributed by atoms with Gasteiger partial charge in [-0.2, -0.15) is 4.31 Å². The first kappa shape index (κ1) is 13.9. The van der Waals surface area contributed by atoms with Crippen LogP contribution in [0, 0.1) is 5.82 Å². The zero-order valence-corrected chi connectivity index (χ0v) is 10.6. The second kappa shape index (κ2) is 4.86. The van der Waals surface area contributed by atoms with Gasteiger partial charge in [-0.05, 0) is 30.7 Å². The topological polar surface area (TPSA) is 80.5 Å². The molecule has 5 nitrogen and oxygen atoms in total. The Labute approximate surface area is 109 Å². The zero-order valence-electron chi connectivity index (χ0n) is 9.79. The SMILES string of the molecule is NC(=O)[C@@H]1[C@@H](F)CCN1S(=O)(=O)c1ccc(F)cc1. The minimum absolute atomic E-state index is 0.0893. The van der Waals surface area contributed by atoms with Gasteiger partial charge in [0.15, 0.2) is 0 Å². The molecule has 0 aliphatic carbocycles. The van der Waals surface area contributed by atoms with Crippen molar-refractivity contribution in [1.82, 2.24) is 4.31 Å². The smallest absolute Gasteiger partial charge is 0.243 e. The van der Waals surface area contributed by atoms with Crippen LogP contribution in [0.15, 0.2) is 29.2 Å². The van der Waals surface area contributed by atoms with Crippen LogP contribution in [0.1, 0.15) is 6.42 Å². The quantitative estimate of drug-likeness (QED) is 0.875. The normalized spacial score (nSPS) is 24.5. The van der Waals surface area contributed by atoms with Crippen LogP contribution in [-0.4, -0.2) is 37.4 Å². The fourth-order valence-corrected chi connectivity index (χ4v) is 3.69. The number of amides is 1. The summed E-state index contributed by atoms with van der Waals surface area (Å²) in [5, 5.41) is 0. The van der Waals surface area contributed by atoms with Crippen molar-refractivity contribution in [2.45, 2.75) is 23.5 Å². The van der Waals surface area contributed by atoms with Gasteiger partial charge in [0.2, 0.25) is 15.9 Å². The lowest BCUT2D eigenvalue weighted by Crippen LogP contribution is -2.47. The molecule has 1 aliphatic heterocycles. The average molecular weight is 290 g/mol. The molecule has 1 saturated heterocycles. The number of hydrogen-bond donors (Lipinski definition) is 1. The highest BCUT2D eigenvalue weighted by Crippen LogP contribution is 2.28. The molecule has 104 valence electrons. The first-order valence-corrected chi connectivity index (χ1v) is 6.99.